The maximum atomic E-state index is 12.3. The minimum absolute atomic E-state index is 0.0542. The predicted molar refractivity (Wildman–Crippen MR) is 91.7 cm³/mol. The Hall–Kier alpha value is -1.42. The van der Waals surface area contributed by atoms with Crippen molar-refractivity contribution in [3.05, 3.63) is 0 Å². The maximum absolute atomic E-state index is 12.3. The first-order chi connectivity index (χ1) is 12.6. The number of rotatable bonds is 6. The number of hydrogen-bond donors (Lipinski definition) is 3. The number of carbonyl (C=O) groups excluding carboxylic acids is 2. The summed E-state index contributed by atoms with van der Waals surface area (Å²) in [7, 11) is 0. The number of ether oxygens (including phenoxy) is 3. The van der Waals surface area contributed by atoms with Gasteiger partial charge in [0.1, 0.15) is 18.3 Å². The molecule has 3 amide bonds. The molecule has 0 aliphatic carbocycles. The Labute approximate surface area is 153 Å². The van der Waals surface area contributed by atoms with Crippen LogP contribution >= 0.6 is 0 Å². The summed E-state index contributed by atoms with van der Waals surface area (Å²) < 4.78 is 17.0. The Morgan fingerprint density at radius 1 is 1.19 bits per heavy atom. The van der Waals surface area contributed by atoms with Gasteiger partial charge in [0.15, 0.2) is 0 Å². The van der Waals surface area contributed by atoms with Crippen molar-refractivity contribution in [1.82, 2.24) is 15.5 Å². The molecule has 3 fully saturated rings. The van der Waals surface area contributed by atoms with Gasteiger partial charge >= 0.3 is 6.03 Å². The number of amides is 3. The molecule has 148 valence electrons. The molecule has 3 aliphatic heterocycles. The van der Waals surface area contributed by atoms with E-state index in [2.05, 4.69) is 10.6 Å². The lowest BCUT2D eigenvalue weighted by atomic mass is 10.1. The van der Waals surface area contributed by atoms with E-state index in [1.165, 1.54) is 0 Å². The second-order valence-electron chi connectivity index (χ2n) is 7.00. The highest BCUT2D eigenvalue weighted by Crippen LogP contribution is 2.35. The van der Waals surface area contributed by atoms with E-state index in [9.17, 15) is 14.7 Å². The van der Waals surface area contributed by atoms with Crippen LogP contribution in [-0.4, -0.2) is 91.9 Å². The van der Waals surface area contributed by atoms with Gasteiger partial charge in [0.05, 0.1) is 31.8 Å². The molecule has 0 aromatic heterocycles. The number of fused-ring (bicyclic) bond motifs is 1. The summed E-state index contributed by atoms with van der Waals surface area (Å²) in [4.78, 5) is 25.7. The van der Waals surface area contributed by atoms with E-state index in [-0.39, 0.29) is 30.7 Å². The lowest BCUT2D eigenvalue weighted by Gasteiger charge is -2.28. The molecule has 9 heteroatoms. The summed E-state index contributed by atoms with van der Waals surface area (Å²) in [5.74, 6) is 0.0542. The van der Waals surface area contributed by atoms with E-state index in [1.807, 2.05) is 6.92 Å². The van der Waals surface area contributed by atoms with Crippen molar-refractivity contribution in [2.24, 2.45) is 0 Å². The van der Waals surface area contributed by atoms with Crippen molar-refractivity contribution < 1.29 is 28.9 Å². The van der Waals surface area contributed by atoms with Crippen LogP contribution in [0.4, 0.5) is 4.79 Å². The average Bonchev–Trinajstić information content (AvgIpc) is 3.17. The van der Waals surface area contributed by atoms with Crippen LogP contribution in [0.5, 0.6) is 0 Å². The van der Waals surface area contributed by atoms with Gasteiger partial charge in [-0.15, -0.1) is 0 Å². The van der Waals surface area contributed by atoms with Crippen LogP contribution in [0.3, 0.4) is 0 Å². The second kappa shape index (κ2) is 8.98. The van der Waals surface area contributed by atoms with Gasteiger partial charge in [-0.1, -0.05) is 6.92 Å². The number of morpholine rings is 1. The van der Waals surface area contributed by atoms with Gasteiger partial charge in [-0.2, -0.15) is 0 Å². The van der Waals surface area contributed by atoms with E-state index in [0.717, 1.165) is 6.42 Å². The smallest absolute Gasteiger partial charge is 0.314 e. The summed E-state index contributed by atoms with van der Waals surface area (Å²) in [6.45, 7) is 5.19. The van der Waals surface area contributed by atoms with Crippen molar-refractivity contribution >= 4 is 11.9 Å². The first kappa shape index (κ1) is 19.3. The molecule has 0 saturated carbocycles. The fourth-order valence-electron chi connectivity index (χ4n) is 3.64. The minimum Gasteiger partial charge on any atom is -0.388 e. The number of aliphatic hydroxyl groups is 1. The molecule has 0 aromatic carbocycles. The lowest BCUT2D eigenvalue weighted by molar-refractivity contribution is -0.138. The number of hydrogen-bond acceptors (Lipinski definition) is 6. The molecule has 9 nitrogen and oxygen atoms in total. The van der Waals surface area contributed by atoms with Crippen LogP contribution in [-0.2, 0) is 19.0 Å². The van der Waals surface area contributed by atoms with Gasteiger partial charge in [-0.3, -0.25) is 4.79 Å². The quantitative estimate of drug-likeness (QED) is 0.566. The Morgan fingerprint density at radius 3 is 2.65 bits per heavy atom. The molecule has 3 heterocycles. The van der Waals surface area contributed by atoms with E-state index < -0.39 is 18.3 Å². The first-order valence-corrected chi connectivity index (χ1v) is 9.44. The van der Waals surface area contributed by atoms with E-state index in [4.69, 9.17) is 14.2 Å². The van der Waals surface area contributed by atoms with Crippen molar-refractivity contribution in [1.29, 1.82) is 0 Å². The van der Waals surface area contributed by atoms with Crippen LogP contribution in [0.2, 0.25) is 0 Å². The van der Waals surface area contributed by atoms with Crippen molar-refractivity contribution in [2.75, 3.05) is 39.4 Å². The van der Waals surface area contributed by atoms with Crippen LogP contribution in [0.25, 0.3) is 0 Å². The van der Waals surface area contributed by atoms with Crippen LogP contribution < -0.4 is 10.6 Å². The normalized spacial score (nSPS) is 33.8. The third-order valence-corrected chi connectivity index (χ3v) is 5.04. The van der Waals surface area contributed by atoms with Crippen molar-refractivity contribution in [3.63, 3.8) is 0 Å². The van der Waals surface area contributed by atoms with Crippen LogP contribution in [0.1, 0.15) is 26.2 Å². The van der Waals surface area contributed by atoms with Crippen molar-refractivity contribution in [2.45, 2.75) is 56.7 Å². The van der Waals surface area contributed by atoms with Gasteiger partial charge in [0.2, 0.25) is 5.91 Å². The van der Waals surface area contributed by atoms with E-state index in [0.29, 0.717) is 45.7 Å². The average molecular weight is 371 g/mol. The fourth-order valence-corrected chi connectivity index (χ4v) is 3.64. The topological polar surface area (TPSA) is 109 Å². The predicted octanol–water partition coefficient (Wildman–Crippen LogP) is -0.770. The van der Waals surface area contributed by atoms with Crippen LogP contribution in [0.15, 0.2) is 0 Å². The molecule has 3 saturated heterocycles. The zero-order valence-corrected chi connectivity index (χ0v) is 15.2. The number of urea groups is 1. The number of nitrogens with zero attached hydrogens (tertiary/aromatic N) is 1. The Bertz CT molecular complexity index is 499. The molecule has 0 spiro atoms. The second-order valence-corrected chi connectivity index (χ2v) is 7.00. The standard InChI is InChI=1S/C17H29N3O6/c1-2-3-18-17(23)19-10-13-15(22)16-12(26-13)8-11(25-16)9-14(21)20-4-6-24-7-5-20/h11-13,15-16,22H,2-10H2,1H3,(H2,18,19,23). The SMILES string of the molecule is CCCNC(=O)NCC1OC2CC(CC(=O)N3CCOCC3)OC2C1O. The minimum atomic E-state index is -0.810. The van der Waals surface area contributed by atoms with E-state index in [1.54, 1.807) is 4.90 Å². The van der Waals surface area contributed by atoms with Gasteiger partial charge in [-0.05, 0) is 6.42 Å². The van der Waals surface area contributed by atoms with Gasteiger partial charge < -0.3 is 34.9 Å². The summed E-state index contributed by atoms with van der Waals surface area (Å²) in [6.07, 6.45) is -0.485. The Kier molecular flexibility index (Phi) is 6.68. The molecule has 0 bridgehead atoms. The molecule has 5 unspecified atom stereocenters. The first-order valence-electron chi connectivity index (χ1n) is 9.44. The Balaban J connectivity index is 1.41. The van der Waals surface area contributed by atoms with Gasteiger partial charge in [-0.25, -0.2) is 4.79 Å². The van der Waals surface area contributed by atoms with Gasteiger partial charge in [0.25, 0.3) is 0 Å². The number of aliphatic hydroxyl groups excluding tert-OH is 1. The molecule has 5 atom stereocenters. The highest BCUT2D eigenvalue weighted by molar-refractivity contribution is 5.76. The highest BCUT2D eigenvalue weighted by Gasteiger charge is 2.50. The zero-order valence-electron chi connectivity index (χ0n) is 15.2. The summed E-state index contributed by atoms with van der Waals surface area (Å²) in [5, 5.41) is 15.8. The Morgan fingerprint density at radius 2 is 1.96 bits per heavy atom. The van der Waals surface area contributed by atoms with Crippen LogP contribution in [0, 0.1) is 0 Å². The fraction of sp³-hybridized carbons (Fsp3) is 0.882. The molecule has 26 heavy (non-hydrogen) atoms. The molecular formula is C17H29N3O6. The largest absolute Gasteiger partial charge is 0.388 e. The van der Waals surface area contributed by atoms with Crippen molar-refractivity contribution in [3.8, 4) is 0 Å². The molecule has 0 radical (unpaired) electrons. The third-order valence-electron chi connectivity index (χ3n) is 5.04. The van der Waals surface area contributed by atoms with Gasteiger partial charge in [0, 0.05) is 32.6 Å². The highest BCUT2D eigenvalue weighted by atomic mass is 16.6. The lowest BCUT2D eigenvalue weighted by Crippen LogP contribution is -2.44. The molecule has 3 rings (SSSR count). The summed E-state index contributed by atoms with van der Waals surface area (Å²) in [5.41, 5.74) is 0. The zero-order chi connectivity index (χ0) is 18.5. The molecule has 3 N–H and O–H groups in total. The summed E-state index contributed by atoms with van der Waals surface area (Å²) >= 11 is 0. The molecule has 3 aliphatic rings. The third kappa shape index (κ3) is 4.64. The number of carbonyl (C=O) groups is 2. The number of nitrogens with one attached hydrogen (secondary N) is 2. The molecular weight excluding hydrogens is 342 g/mol. The molecule has 0 aromatic rings. The summed E-state index contributed by atoms with van der Waals surface area (Å²) in [6, 6.07) is -0.269. The van der Waals surface area contributed by atoms with E-state index >= 15 is 0 Å². The maximum Gasteiger partial charge on any atom is 0.314 e. The monoisotopic (exact) mass is 371 g/mol.